The zero-order valence-electron chi connectivity index (χ0n) is 10.3. The van der Waals surface area contributed by atoms with Crippen molar-refractivity contribution in [2.24, 2.45) is 11.8 Å². The van der Waals surface area contributed by atoms with Gasteiger partial charge in [0.1, 0.15) is 5.92 Å². The van der Waals surface area contributed by atoms with Crippen molar-refractivity contribution in [3.05, 3.63) is 41.4 Å². The summed E-state index contributed by atoms with van der Waals surface area (Å²) in [6.45, 7) is 0. The van der Waals surface area contributed by atoms with E-state index in [0.717, 1.165) is 0 Å². The van der Waals surface area contributed by atoms with Gasteiger partial charge in [-0.15, -0.1) is 0 Å². The van der Waals surface area contributed by atoms with Gasteiger partial charge in [0.25, 0.3) is 0 Å². The Kier molecular flexibility index (Phi) is 3.23. The van der Waals surface area contributed by atoms with E-state index in [1.807, 2.05) is 0 Å². The molecular weight excluding hydrogens is 282 g/mol. The minimum Gasteiger partial charge on any atom is -0.481 e. The van der Waals surface area contributed by atoms with Crippen LogP contribution in [0.4, 0.5) is 5.69 Å². The highest BCUT2D eigenvalue weighted by atomic mass is 35.5. The number of rotatable bonds is 3. The molecule has 2 N–H and O–H groups in total. The fourth-order valence-corrected chi connectivity index (χ4v) is 2.88. The van der Waals surface area contributed by atoms with Crippen molar-refractivity contribution in [2.45, 2.75) is 12.2 Å². The number of para-hydroxylation sites is 1. The molecule has 5 nitrogen and oxygen atoms in total. The maximum atomic E-state index is 12.3. The molecule has 0 aliphatic carbocycles. The highest BCUT2D eigenvalue weighted by molar-refractivity contribution is 6.33. The van der Waals surface area contributed by atoms with Gasteiger partial charge in [-0.05, 0) is 12.1 Å². The molecule has 4 atom stereocenters. The SMILES string of the molecule is O=C(Nc1ccccc1Cl)[C@@H]1[C@H](C(=O)O)[C@@H]2C=C[C@H]1O2. The average Bonchev–Trinajstić information content (AvgIpc) is 3.01. The Hall–Kier alpha value is -1.85. The number of carbonyl (C=O) groups is 2. The Morgan fingerprint density at radius 3 is 2.45 bits per heavy atom. The van der Waals surface area contributed by atoms with E-state index in [4.69, 9.17) is 16.3 Å². The van der Waals surface area contributed by atoms with Crippen molar-refractivity contribution in [3.8, 4) is 0 Å². The second kappa shape index (κ2) is 4.92. The first kappa shape index (κ1) is 13.1. The molecule has 1 aromatic carbocycles. The summed E-state index contributed by atoms with van der Waals surface area (Å²) in [6.07, 6.45) is 2.42. The third-order valence-corrected chi connectivity index (χ3v) is 3.95. The molecule has 104 valence electrons. The van der Waals surface area contributed by atoms with E-state index in [9.17, 15) is 14.7 Å². The Labute approximate surface area is 120 Å². The molecule has 3 rings (SSSR count). The van der Waals surface area contributed by atoms with E-state index in [-0.39, 0.29) is 5.91 Å². The highest BCUT2D eigenvalue weighted by Gasteiger charge is 2.53. The van der Waals surface area contributed by atoms with Crippen LogP contribution in [0.5, 0.6) is 0 Å². The summed E-state index contributed by atoms with van der Waals surface area (Å²) in [5, 5.41) is 12.3. The quantitative estimate of drug-likeness (QED) is 0.835. The Bertz CT molecular complexity index is 601. The van der Waals surface area contributed by atoms with Crippen LogP contribution in [0.25, 0.3) is 0 Å². The van der Waals surface area contributed by atoms with Gasteiger partial charge in [-0.2, -0.15) is 0 Å². The van der Waals surface area contributed by atoms with Crippen molar-refractivity contribution >= 4 is 29.2 Å². The smallest absolute Gasteiger partial charge is 0.310 e. The number of benzene rings is 1. The van der Waals surface area contributed by atoms with Crippen molar-refractivity contribution in [3.63, 3.8) is 0 Å². The molecule has 0 aromatic heterocycles. The predicted molar refractivity (Wildman–Crippen MR) is 72.5 cm³/mol. The monoisotopic (exact) mass is 293 g/mol. The zero-order chi connectivity index (χ0) is 14.3. The third-order valence-electron chi connectivity index (χ3n) is 3.62. The minimum absolute atomic E-state index is 0.387. The van der Waals surface area contributed by atoms with E-state index in [0.29, 0.717) is 10.7 Å². The van der Waals surface area contributed by atoms with Crippen molar-refractivity contribution < 1.29 is 19.4 Å². The molecule has 0 saturated carbocycles. The zero-order valence-corrected chi connectivity index (χ0v) is 11.1. The normalized spacial score (nSPS) is 30.4. The number of amides is 1. The topological polar surface area (TPSA) is 75.6 Å². The largest absolute Gasteiger partial charge is 0.481 e. The van der Waals surface area contributed by atoms with E-state index in [2.05, 4.69) is 5.32 Å². The van der Waals surface area contributed by atoms with Crippen LogP contribution in [0.3, 0.4) is 0 Å². The first-order chi connectivity index (χ1) is 9.58. The maximum absolute atomic E-state index is 12.3. The number of carbonyl (C=O) groups excluding carboxylic acids is 1. The van der Waals surface area contributed by atoms with Gasteiger partial charge in [0, 0.05) is 0 Å². The molecule has 0 radical (unpaired) electrons. The number of nitrogens with one attached hydrogen (secondary N) is 1. The van der Waals surface area contributed by atoms with Gasteiger partial charge in [-0.25, -0.2) is 0 Å². The van der Waals surface area contributed by atoms with Crippen LogP contribution in [0.1, 0.15) is 0 Å². The Balaban J connectivity index is 1.82. The van der Waals surface area contributed by atoms with E-state index >= 15 is 0 Å². The number of ether oxygens (including phenoxy) is 1. The maximum Gasteiger partial charge on any atom is 0.310 e. The lowest BCUT2D eigenvalue weighted by Crippen LogP contribution is -2.39. The molecule has 2 aliphatic heterocycles. The summed E-state index contributed by atoms with van der Waals surface area (Å²) in [5.74, 6) is -3.00. The summed E-state index contributed by atoms with van der Waals surface area (Å²) in [7, 11) is 0. The lowest BCUT2D eigenvalue weighted by atomic mass is 9.82. The molecule has 1 saturated heterocycles. The molecule has 6 heteroatoms. The third kappa shape index (κ3) is 2.09. The summed E-state index contributed by atoms with van der Waals surface area (Å²) in [5.41, 5.74) is 0.468. The number of carboxylic acid groups (broad SMARTS) is 1. The number of carboxylic acids is 1. The summed E-state index contributed by atoms with van der Waals surface area (Å²) < 4.78 is 5.46. The van der Waals surface area contributed by atoms with Gasteiger partial charge in [-0.3, -0.25) is 9.59 Å². The van der Waals surface area contributed by atoms with Crippen LogP contribution in [-0.4, -0.2) is 29.2 Å². The van der Waals surface area contributed by atoms with Crippen molar-refractivity contribution in [2.75, 3.05) is 5.32 Å². The second-order valence-corrected chi connectivity index (χ2v) is 5.22. The van der Waals surface area contributed by atoms with E-state index in [1.165, 1.54) is 0 Å². The van der Waals surface area contributed by atoms with Crippen LogP contribution >= 0.6 is 11.6 Å². The van der Waals surface area contributed by atoms with Gasteiger partial charge in [-0.1, -0.05) is 35.9 Å². The number of halogens is 1. The molecule has 1 fully saturated rings. The van der Waals surface area contributed by atoms with Gasteiger partial charge in [0.2, 0.25) is 5.91 Å². The molecule has 1 aromatic rings. The summed E-state index contributed by atoms with van der Waals surface area (Å²) in [6, 6.07) is 6.82. The fourth-order valence-electron chi connectivity index (χ4n) is 2.69. The number of fused-ring (bicyclic) bond motifs is 2. The van der Waals surface area contributed by atoms with Crippen LogP contribution in [0.15, 0.2) is 36.4 Å². The number of hydrogen-bond donors (Lipinski definition) is 2. The number of anilines is 1. The minimum atomic E-state index is -1.03. The lowest BCUT2D eigenvalue weighted by molar-refractivity contribution is -0.145. The van der Waals surface area contributed by atoms with Gasteiger partial charge >= 0.3 is 5.97 Å². The summed E-state index contributed by atoms with van der Waals surface area (Å²) >= 11 is 5.98. The highest BCUT2D eigenvalue weighted by Crippen LogP contribution is 2.40. The molecule has 1 amide bonds. The molecule has 2 heterocycles. The predicted octanol–water partition coefficient (Wildman–Crippen LogP) is 1.93. The summed E-state index contributed by atoms with van der Waals surface area (Å²) in [4.78, 5) is 23.6. The molecule has 2 bridgehead atoms. The standard InChI is InChI=1S/C14H12ClNO4/c15-7-3-1-2-4-8(7)16-13(17)11-9-5-6-10(20-9)12(11)14(18)19/h1-6,9-12H,(H,16,17)(H,18,19)/t9-,10+,11+,12-/m1/s1. The number of aliphatic carboxylic acids is 1. The number of hydrogen-bond acceptors (Lipinski definition) is 3. The lowest BCUT2D eigenvalue weighted by Gasteiger charge is -2.21. The van der Waals surface area contributed by atoms with Crippen molar-refractivity contribution in [1.29, 1.82) is 0 Å². The van der Waals surface area contributed by atoms with Crippen LogP contribution in [0, 0.1) is 11.8 Å². The van der Waals surface area contributed by atoms with E-state index < -0.39 is 30.0 Å². The Morgan fingerprint density at radius 2 is 1.80 bits per heavy atom. The van der Waals surface area contributed by atoms with Gasteiger partial charge < -0.3 is 15.2 Å². The molecular formula is C14H12ClNO4. The fraction of sp³-hybridized carbons (Fsp3) is 0.286. The Morgan fingerprint density at radius 1 is 1.15 bits per heavy atom. The van der Waals surface area contributed by atoms with Crippen LogP contribution in [0.2, 0.25) is 5.02 Å². The van der Waals surface area contributed by atoms with Gasteiger partial charge in [0.05, 0.1) is 28.8 Å². The van der Waals surface area contributed by atoms with Crippen LogP contribution < -0.4 is 5.32 Å². The molecule has 0 unspecified atom stereocenters. The average molecular weight is 294 g/mol. The molecule has 2 aliphatic rings. The van der Waals surface area contributed by atoms with Gasteiger partial charge in [0.15, 0.2) is 0 Å². The van der Waals surface area contributed by atoms with Crippen molar-refractivity contribution in [1.82, 2.24) is 0 Å². The molecule has 0 spiro atoms. The van der Waals surface area contributed by atoms with E-state index in [1.54, 1.807) is 36.4 Å². The first-order valence-electron chi connectivity index (χ1n) is 6.20. The second-order valence-electron chi connectivity index (χ2n) is 4.81. The van der Waals surface area contributed by atoms with Crippen LogP contribution in [-0.2, 0) is 14.3 Å². The first-order valence-corrected chi connectivity index (χ1v) is 6.57. The molecule has 20 heavy (non-hydrogen) atoms.